The van der Waals surface area contributed by atoms with Crippen LogP contribution < -0.4 is 15.8 Å². The Morgan fingerprint density at radius 3 is 2.96 bits per heavy atom. The number of nitrogens with zero attached hydrogens (tertiary/aromatic N) is 2. The molecule has 2 amide bonds. The third-order valence-corrected chi connectivity index (χ3v) is 4.75. The zero-order valence-corrected chi connectivity index (χ0v) is 15.1. The summed E-state index contributed by atoms with van der Waals surface area (Å²) >= 11 is 6.15. The van der Waals surface area contributed by atoms with Gasteiger partial charge in [0.2, 0.25) is 0 Å². The van der Waals surface area contributed by atoms with Crippen molar-refractivity contribution in [2.45, 2.75) is 19.4 Å². The number of amides is 2. The molecule has 8 heteroatoms. The van der Waals surface area contributed by atoms with Crippen LogP contribution in [0.5, 0.6) is 11.5 Å². The maximum atomic E-state index is 13.6. The molecular formula is C19H16ClFN4O2. The predicted octanol–water partition coefficient (Wildman–Crippen LogP) is 4.03. The molecule has 0 bridgehead atoms. The number of urea groups is 1. The molecule has 2 heterocycles. The molecule has 3 N–H and O–H groups in total. The quantitative estimate of drug-likeness (QED) is 0.712. The summed E-state index contributed by atoms with van der Waals surface area (Å²) in [5.41, 5.74) is 7.89. The highest BCUT2D eigenvalue weighted by molar-refractivity contribution is 6.32. The van der Waals surface area contributed by atoms with Crippen LogP contribution in [0, 0.1) is 12.7 Å². The highest BCUT2D eigenvalue weighted by Crippen LogP contribution is 2.40. The number of benzene rings is 2. The molecule has 1 atom stereocenters. The lowest BCUT2D eigenvalue weighted by atomic mass is 9.98. The van der Waals surface area contributed by atoms with E-state index in [1.54, 1.807) is 12.3 Å². The average Bonchev–Trinajstić information content (AvgIpc) is 3.00. The number of aryl methyl sites for hydroxylation is 1. The maximum Gasteiger partial charge on any atom is 0.312 e. The second-order valence-corrected chi connectivity index (χ2v) is 6.71. The molecule has 1 aliphatic rings. The molecule has 3 aromatic rings. The Morgan fingerprint density at radius 1 is 1.37 bits per heavy atom. The van der Waals surface area contributed by atoms with Crippen LogP contribution in [0.4, 0.5) is 9.18 Å². The predicted molar refractivity (Wildman–Crippen MR) is 98.9 cm³/mol. The number of carbonyl (C=O) groups excluding carboxylic acids is 1. The lowest BCUT2D eigenvalue weighted by molar-refractivity contribution is 0.244. The fourth-order valence-electron chi connectivity index (χ4n) is 3.33. The van der Waals surface area contributed by atoms with Crippen LogP contribution in [0.1, 0.15) is 23.1 Å². The van der Waals surface area contributed by atoms with E-state index in [0.717, 1.165) is 16.9 Å². The van der Waals surface area contributed by atoms with Crippen molar-refractivity contribution in [1.29, 1.82) is 0 Å². The first-order chi connectivity index (χ1) is 12.9. The minimum absolute atomic E-state index is 0.224. The van der Waals surface area contributed by atoms with Crippen molar-refractivity contribution in [2.75, 3.05) is 0 Å². The third-order valence-electron chi connectivity index (χ3n) is 4.44. The first-order valence-corrected chi connectivity index (χ1v) is 8.67. The summed E-state index contributed by atoms with van der Waals surface area (Å²) in [5.74, 6) is 0.950. The molecule has 0 saturated carbocycles. The molecule has 1 aliphatic heterocycles. The van der Waals surface area contributed by atoms with E-state index >= 15 is 0 Å². The number of rotatable bonds is 3. The fraction of sp³-hybridized carbons (Fsp3) is 0.158. The molecule has 0 fully saturated rings. The number of hydrogen-bond donors (Lipinski definition) is 2. The third kappa shape index (κ3) is 3.10. The lowest BCUT2D eigenvalue weighted by Gasteiger charge is -2.28. The van der Waals surface area contributed by atoms with E-state index in [-0.39, 0.29) is 11.8 Å². The Hall–Kier alpha value is -3.06. The molecule has 1 aromatic heterocycles. The van der Waals surface area contributed by atoms with E-state index in [9.17, 15) is 9.18 Å². The van der Waals surface area contributed by atoms with Crippen LogP contribution in [0.25, 0.3) is 5.69 Å². The van der Waals surface area contributed by atoms with E-state index in [0.29, 0.717) is 23.0 Å². The number of halogens is 2. The number of ether oxygens (including phenoxy) is 1. The number of hydrogen-bond acceptors (Lipinski definition) is 3. The van der Waals surface area contributed by atoms with Crippen molar-refractivity contribution in [1.82, 2.24) is 14.9 Å². The number of aromatic nitrogens is 2. The summed E-state index contributed by atoms with van der Waals surface area (Å²) < 4.78 is 21.5. The van der Waals surface area contributed by atoms with E-state index in [4.69, 9.17) is 22.1 Å². The lowest BCUT2D eigenvalue weighted by Crippen LogP contribution is -2.37. The second-order valence-electron chi connectivity index (χ2n) is 6.30. The number of nitrogens with two attached hydrogens (primary N) is 1. The van der Waals surface area contributed by atoms with Crippen LogP contribution in [-0.4, -0.2) is 15.6 Å². The van der Waals surface area contributed by atoms with Crippen molar-refractivity contribution >= 4 is 17.6 Å². The van der Waals surface area contributed by atoms with Gasteiger partial charge >= 0.3 is 6.03 Å². The van der Waals surface area contributed by atoms with Gasteiger partial charge in [0.15, 0.2) is 5.75 Å². The van der Waals surface area contributed by atoms with Gasteiger partial charge in [-0.3, -0.25) is 4.57 Å². The number of imidazole rings is 1. The van der Waals surface area contributed by atoms with Crippen molar-refractivity contribution < 1.29 is 13.9 Å². The monoisotopic (exact) mass is 386 g/mol. The van der Waals surface area contributed by atoms with E-state index in [2.05, 4.69) is 10.3 Å². The maximum absolute atomic E-state index is 13.6. The molecule has 6 nitrogen and oxygen atoms in total. The zero-order chi connectivity index (χ0) is 19.1. The summed E-state index contributed by atoms with van der Waals surface area (Å²) in [6, 6.07) is 8.55. The van der Waals surface area contributed by atoms with Crippen molar-refractivity contribution in [2.24, 2.45) is 5.73 Å². The number of para-hydroxylation sites is 1. The normalized spacial score (nSPS) is 15.0. The summed E-state index contributed by atoms with van der Waals surface area (Å²) in [4.78, 5) is 15.8. The van der Waals surface area contributed by atoms with Crippen LogP contribution in [0.3, 0.4) is 0 Å². The number of primary amides is 1. The molecule has 0 saturated heterocycles. The van der Waals surface area contributed by atoms with Gasteiger partial charge in [-0.15, -0.1) is 0 Å². The summed E-state index contributed by atoms with van der Waals surface area (Å²) in [5, 5.41) is 3.03. The Morgan fingerprint density at radius 2 is 2.19 bits per heavy atom. The van der Waals surface area contributed by atoms with Crippen LogP contribution in [0.15, 0.2) is 42.6 Å². The van der Waals surface area contributed by atoms with Gasteiger partial charge in [0, 0.05) is 24.4 Å². The fourth-order valence-corrected chi connectivity index (χ4v) is 3.49. The number of carbonyl (C=O) groups is 1. The van der Waals surface area contributed by atoms with E-state index in [1.807, 2.05) is 23.6 Å². The molecule has 1 unspecified atom stereocenters. The standard InChI is InChI=1S/C19H16ClFN4O2/c1-10-9-23-18-14(24-19(22)26)7-11-3-2-4-15(17(11)25(10)18)27-16-8-12(21)5-6-13(16)20/h2-6,8-9,14H,7H2,1H3,(H3,22,24,26). The zero-order valence-electron chi connectivity index (χ0n) is 14.4. The van der Waals surface area contributed by atoms with Crippen LogP contribution in [-0.2, 0) is 6.42 Å². The molecule has 0 spiro atoms. The minimum Gasteiger partial charge on any atom is -0.453 e. The van der Waals surface area contributed by atoms with E-state index < -0.39 is 11.8 Å². The largest absolute Gasteiger partial charge is 0.453 e. The van der Waals surface area contributed by atoms with Gasteiger partial charge in [-0.1, -0.05) is 23.7 Å². The first-order valence-electron chi connectivity index (χ1n) is 8.29. The Balaban J connectivity index is 1.83. The molecule has 0 radical (unpaired) electrons. The number of fused-ring (bicyclic) bond motifs is 3. The Kier molecular flexibility index (Phi) is 4.24. The van der Waals surface area contributed by atoms with Gasteiger partial charge in [0.25, 0.3) is 0 Å². The van der Waals surface area contributed by atoms with Gasteiger partial charge in [-0.25, -0.2) is 14.2 Å². The van der Waals surface area contributed by atoms with Gasteiger partial charge in [-0.2, -0.15) is 0 Å². The molecular weight excluding hydrogens is 371 g/mol. The number of nitrogens with one attached hydrogen (secondary N) is 1. The molecule has 138 valence electrons. The summed E-state index contributed by atoms with van der Waals surface area (Å²) in [6.45, 7) is 1.90. The summed E-state index contributed by atoms with van der Waals surface area (Å²) in [7, 11) is 0. The first kappa shape index (κ1) is 17.4. The highest BCUT2D eigenvalue weighted by Gasteiger charge is 2.30. The average molecular weight is 387 g/mol. The summed E-state index contributed by atoms with van der Waals surface area (Å²) in [6.07, 6.45) is 2.22. The van der Waals surface area contributed by atoms with Gasteiger partial charge in [0.1, 0.15) is 17.4 Å². The highest BCUT2D eigenvalue weighted by atomic mass is 35.5. The van der Waals surface area contributed by atoms with E-state index in [1.165, 1.54) is 18.2 Å². The molecule has 4 rings (SSSR count). The van der Waals surface area contributed by atoms with Crippen LogP contribution in [0.2, 0.25) is 5.02 Å². The molecule has 27 heavy (non-hydrogen) atoms. The van der Waals surface area contributed by atoms with Crippen LogP contribution >= 0.6 is 11.6 Å². The smallest absolute Gasteiger partial charge is 0.312 e. The SMILES string of the molecule is Cc1cnc2n1-c1c(cccc1Oc1cc(F)ccc1Cl)CC2NC(N)=O. The van der Waals surface area contributed by atoms with Crippen molar-refractivity contribution in [3.05, 3.63) is 70.5 Å². The van der Waals surface area contributed by atoms with Crippen molar-refractivity contribution in [3.8, 4) is 17.2 Å². The van der Waals surface area contributed by atoms with Crippen molar-refractivity contribution in [3.63, 3.8) is 0 Å². The second kappa shape index (κ2) is 6.59. The minimum atomic E-state index is -0.616. The van der Waals surface area contributed by atoms with Gasteiger partial charge in [-0.05, 0) is 30.7 Å². The van der Waals surface area contributed by atoms with Gasteiger partial charge < -0.3 is 15.8 Å². The molecule has 2 aromatic carbocycles. The van der Waals surface area contributed by atoms with Gasteiger partial charge in [0.05, 0.1) is 16.8 Å². The Bertz CT molecular complexity index is 1050. The Labute approximate surface area is 159 Å². The molecule has 0 aliphatic carbocycles. The topological polar surface area (TPSA) is 82.2 Å².